The number of ether oxygens (including phenoxy) is 1. The van der Waals surface area contributed by atoms with Crippen molar-refractivity contribution in [1.82, 2.24) is 0 Å². The Bertz CT molecular complexity index is 426. The molecule has 0 fully saturated rings. The first-order valence-corrected chi connectivity index (χ1v) is 7.07. The van der Waals surface area contributed by atoms with Crippen LogP contribution in [0.2, 0.25) is 0 Å². The molecule has 1 amide bonds. The van der Waals surface area contributed by atoms with Crippen LogP contribution in [0.3, 0.4) is 0 Å². The minimum absolute atomic E-state index is 0.155. The van der Waals surface area contributed by atoms with Crippen LogP contribution in [-0.4, -0.2) is 25.7 Å². The molecule has 4 nitrogen and oxygen atoms in total. The molecule has 0 aromatic heterocycles. The first-order chi connectivity index (χ1) is 8.95. The summed E-state index contributed by atoms with van der Waals surface area (Å²) in [7, 11) is 1.64. The van der Waals surface area contributed by atoms with Gasteiger partial charge in [0.05, 0.1) is 6.04 Å². The predicted molar refractivity (Wildman–Crippen MR) is 81.3 cm³/mol. The van der Waals surface area contributed by atoms with Crippen molar-refractivity contribution >= 4 is 27.5 Å². The van der Waals surface area contributed by atoms with Gasteiger partial charge in [-0.15, -0.1) is 0 Å². The highest BCUT2D eigenvalue weighted by atomic mass is 79.9. The van der Waals surface area contributed by atoms with Crippen molar-refractivity contribution in [2.75, 3.05) is 19.0 Å². The van der Waals surface area contributed by atoms with Gasteiger partial charge in [0.15, 0.2) is 0 Å². The summed E-state index contributed by atoms with van der Waals surface area (Å²) < 4.78 is 6.01. The minimum Gasteiger partial charge on any atom is -0.385 e. The summed E-state index contributed by atoms with van der Waals surface area (Å²) in [6.07, 6.45) is 1.40. The van der Waals surface area contributed by atoms with Crippen LogP contribution in [0.1, 0.15) is 24.0 Å². The number of nitrogens with two attached hydrogens (primary N) is 1. The monoisotopic (exact) mass is 328 g/mol. The molecule has 5 heteroatoms. The zero-order valence-corrected chi connectivity index (χ0v) is 13.2. The van der Waals surface area contributed by atoms with Gasteiger partial charge in [-0.2, -0.15) is 0 Å². The smallest absolute Gasteiger partial charge is 0.241 e. The van der Waals surface area contributed by atoms with Gasteiger partial charge in [-0.05, 0) is 49.9 Å². The van der Waals surface area contributed by atoms with Crippen molar-refractivity contribution in [2.24, 2.45) is 5.73 Å². The molecule has 0 spiro atoms. The quantitative estimate of drug-likeness (QED) is 0.789. The number of carbonyl (C=O) groups excluding carboxylic acids is 1. The lowest BCUT2D eigenvalue weighted by atomic mass is 10.1. The molecule has 0 bridgehead atoms. The molecule has 1 unspecified atom stereocenters. The first-order valence-electron chi connectivity index (χ1n) is 6.27. The Morgan fingerprint density at radius 1 is 1.42 bits per heavy atom. The number of amides is 1. The molecule has 0 saturated heterocycles. The molecular formula is C14H21BrN2O2. The summed E-state index contributed by atoms with van der Waals surface area (Å²) in [5.41, 5.74) is 8.79. The fraction of sp³-hybridized carbons (Fsp3) is 0.500. The first kappa shape index (κ1) is 16.1. The van der Waals surface area contributed by atoms with Crippen LogP contribution in [0.4, 0.5) is 5.69 Å². The molecule has 3 N–H and O–H groups in total. The summed E-state index contributed by atoms with van der Waals surface area (Å²) >= 11 is 3.50. The van der Waals surface area contributed by atoms with E-state index in [4.69, 9.17) is 10.5 Å². The minimum atomic E-state index is -0.501. The van der Waals surface area contributed by atoms with Crippen LogP contribution in [0.15, 0.2) is 16.6 Å². The highest BCUT2D eigenvalue weighted by Gasteiger charge is 2.14. The van der Waals surface area contributed by atoms with Gasteiger partial charge >= 0.3 is 0 Å². The van der Waals surface area contributed by atoms with E-state index >= 15 is 0 Å². The SMILES string of the molecule is COCCCC(N)C(=O)Nc1cc(C)c(Br)c(C)c1. The average molecular weight is 329 g/mol. The van der Waals surface area contributed by atoms with Crippen LogP contribution >= 0.6 is 15.9 Å². The van der Waals surface area contributed by atoms with Crippen molar-refractivity contribution in [3.63, 3.8) is 0 Å². The molecule has 1 aromatic carbocycles. The average Bonchev–Trinajstić information content (AvgIpc) is 2.36. The van der Waals surface area contributed by atoms with Crippen molar-refractivity contribution < 1.29 is 9.53 Å². The lowest BCUT2D eigenvalue weighted by molar-refractivity contribution is -0.117. The van der Waals surface area contributed by atoms with E-state index in [1.165, 1.54) is 0 Å². The normalized spacial score (nSPS) is 12.3. The number of nitrogens with one attached hydrogen (secondary N) is 1. The number of hydrogen-bond donors (Lipinski definition) is 2. The Balaban J connectivity index is 2.61. The van der Waals surface area contributed by atoms with Crippen molar-refractivity contribution in [2.45, 2.75) is 32.7 Å². The summed E-state index contributed by atoms with van der Waals surface area (Å²) in [4.78, 5) is 11.9. The predicted octanol–water partition coefficient (Wildman–Crippen LogP) is 2.76. The Hall–Kier alpha value is -0.910. The standard InChI is InChI=1S/C14H21BrN2O2/c1-9-7-11(8-10(2)13(9)15)17-14(18)12(16)5-4-6-19-3/h7-8,12H,4-6,16H2,1-3H3,(H,17,18). The fourth-order valence-electron chi connectivity index (χ4n) is 1.83. The van der Waals surface area contributed by atoms with Crippen LogP contribution < -0.4 is 11.1 Å². The Morgan fingerprint density at radius 3 is 2.53 bits per heavy atom. The number of aryl methyl sites for hydroxylation is 2. The molecule has 1 aromatic rings. The molecule has 1 rings (SSSR count). The van der Waals surface area contributed by atoms with Crippen LogP contribution in [0.25, 0.3) is 0 Å². The highest BCUT2D eigenvalue weighted by molar-refractivity contribution is 9.10. The van der Waals surface area contributed by atoms with Crippen molar-refractivity contribution in [1.29, 1.82) is 0 Å². The lowest BCUT2D eigenvalue weighted by Crippen LogP contribution is -2.35. The molecule has 1 atom stereocenters. The summed E-state index contributed by atoms with van der Waals surface area (Å²) in [5.74, 6) is -0.155. The third-order valence-corrected chi connectivity index (χ3v) is 4.16. The Kier molecular flexibility index (Phi) is 6.48. The second kappa shape index (κ2) is 7.62. The van der Waals surface area contributed by atoms with Gasteiger partial charge in [-0.3, -0.25) is 4.79 Å². The number of methoxy groups -OCH3 is 1. The summed E-state index contributed by atoms with van der Waals surface area (Å²) in [6.45, 7) is 4.61. The zero-order chi connectivity index (χ0) is 14.4. The number of halogens is 1. The number of rotatable bonds is 6. The molecule has 0 radical (unpaired) electrons. The number of carbonyl (C=O) groups is 1. The van der Waals surface area contributed by atoms with Crippen LogP contribution in [0.5, 0.6) is 0 Å². The maximum absolute atomic E-state index is 11.9. The lowest BCUT2D eigenvalue weighted by Gasteiger charge is -2.14. The topological polar surface area (TPSA) is 64.3 Å². The molecule has 0 aliphatic carbocycles. The molecule has 0 aliphatic heterocycles. The molecule has 0 heterocycles. The van der Waals surface area contributed by atoms with Gasteiger partial charge in [0.2, 0.25) is 5.91 Å². The van der Waals surface area contributed by atoms with E-state index in [1.807, 2.05) is 26.0 Å². The molecular weight excluding hydrogens is 308 g/mol. The van der Waals surface area contributed by atoms with Gasteiger partial charge in [-0.25, -0.2) is 0 Å². The van der Waals surface area contributed by atoms with Crippen LogP contribution in [0, 0.1) is 13.8 Å². The van der Waals surface area contributed by atoms with Gasteiger partial charge in [0.25, 0.3) is 0 Å². The third kappa shape index (κ3) is 4.93. The molecule has 19 heavy (non-hydrogen) atoms. The number of hydrogen-bond acceptors (Lipinski definition) is 3. The van der Waals surface area contributed by atoms with Gasteiger partial charge in [-0.1, -0.05) is 15.9 Å². The fourth-order valence-corrected chi connectivity index (χ4v) is 2.06. The van der Waals surface area contributed by atoms with Crippen molar-refractivity contribution in [3.8, 4) is 0 Å². The van der Waals surface area contributed by atoms with Crippen LogP contribution in [-0.2, 0) is 9.53 Å². The second-order valence-electron chi connectivity index (χ2n) is 4.65. The number of anilines is 1. The molecule has 0 saturated carbocycles. The van der Waals surface area contributed by atoms with E-state index in [1.54, 1.807) is 7.11 Å². The van der Waals surface area contributed by atoms with Gasteiger partial charge in [0.1, 0.15) is 0 Å². The Morgan fingerprint density at radius 2 is 2.00 bits per heavy atom. The summed E-state index contributed by atoms with van der Waals surface area (Å²) in [6, 6.07) is 3.35. The van der Waals surface area contributed by atoms with E-state index < -0.39 is 6.04 Å². The van der Waals surface area contributed by atoms with Gasteiger partial charge < -0.3 is 15.8 Å². The third-order valence-electron chi connectivity index (χ3n) is 2.90. The zero-order valence-electron chi connectivity index (χ0n) is 11.6. The maximum atomic E-state index is 11.9. The second-order valence-corrected chi connectivity index (χ2v) is 5.45. The van der Waals surface area contributed by atoms with E-state index in [-0.39, 0.29) is 5.91 Å². The van der Waals surface area contributed by atoms with Crippen molar-refractivity contribution in [3.05, 3.63) is 27.7 Å². The van der Waals surface area contributed by atoms with E-state index in [9.17, 15) is 4.79 Å². The maximum Gasteiger partial charge on any atom is 0.241 e. The molecule has 106 valence electrons. The summed E-state index contributed by atoms with van der Waals surface area (Å²) in [5, 5.41) is 2.85. The largest absolute Gasteiger partial charge is 0.385 e. The highest BCUT2D eigenvalue weighted by Crippen LogP contribution is 2.25. The van der Waals surface area contributed by atoms with Gasteiger partial charge in [0, 0.05) is 23.9 Å². The molecule has 0 aliphatic rings. The van der Waals surface area contributed by atoms with E-state index in [2.05, 4.69) is 21.2 Å². The van der Waals surface area contributed by atoms with E-state index in [0.717, 1.165) is 27.7 Å². The van der Waals surface area contributed by atoms with E-state index in [0.29, 0.717) is 13.0 Å². The number of benzene rings is 1. The Labute approximate surface area is 122 Å².